The summed E-state index contributed by atoms with van der Waals surface area (Å²) in [7, 11) is 0. The van der Waals surface area contributed by atoms with Gasteiger partial charge in [-0.05, 0) is 60.8 Å². The Hall–Kier alpha value is -3.35. The molecule has 2 aromatic carbocycles. The van der Waals surface area contributed by atoms with Crippen molar-refractivity contribution < 1.29 is 24.2 Å². The van der Waals surface area contributed by atoms with E-state index in [0.29, 0.717) is 6.54 Å². The second-order valence-electron chi connectivity index (χ2n) is 9.59. The topological polar surface area (TPSA) is 105 Å². The number of ether oxygens (including phenoxy) is 1. The Bertz CT molecular complexity index is 1010. The standard InChI is InChI=1S/C26H30N2O5/c1-26(2,24(31)27-14-17-11-16(12-17)13-23(29)30)28-25(32)33-15-22-20-9-5-3-7-18(20)19-8-4-6-10-21(19)22/h3-10,16-17,22H,11-15H2,1-2H3,(H,27,31)(H,28,32)(H,29,30). The van der Waals surface area contributed by atoms with Gasteiger partial charge in [0.15, 0.2) is 0 Å². The Balaban J connectivity index is 1.27. The third-order valence-corrected chi connectivity index (χ3v) is 6.67. The Morgan fingerprint density at radius 1 is 0.970 bits per heavy atom. The average molecular weight is 451 g/mol. The predicted molar refractivity (Wildman–Crippen MR) is 124 cm³/mol. The zero-order chi connectivity index (χ0) is 23.6. The highest BCUT2D eigenvalue weighted by atomic mass is 16.5. The molecule has 7 heteroatoms. The fourth-order valence-electron chi connectivity index (χ4n) is 4.86. The van der Waals surface area contributed by atoms with Crippen LogP contribution in [0.4, 0.5) is 4.79 Å². The molecule has 174 valence electrons. The molecule has 0 atom stereocenters. The number of aliphatic carboxylic acids is 1. The summed E-state index contributed by atoms with van der Waals surface area (Å²) >= 11 is 0. The van der Waals surface area contributed by atoms with Gasteiger partial charge in [-0.3, -0.25) is 9.59 Å². The normalized spacial score (nSPS) is 19.1. The first-order valence-electron chi connectivity index (χ1n) is 11.4. The van der Waals surface area contributed by atoms with Crippen molar-refractivity contribution in [2.45, 2.75) is 44.6 Å². The van der Waals surface area contributed by atoms with E-state index in [4.69, 9.17) is 9.84 Å². The van der Waals surface area contributed by atoms with Gasteiger partial charge < -0.3 is 20.5 Å². The van der Waals surface area contributed by atoms with Crippen LogP contribution in [0.25, 0.3) is 11.1 Å². The minimum atomic E-state index is -1.13. The van der Waals surface area contributed by atoms with Crippen molar-refractivity contribution in [2.24, 2.45) is 11.8 Å². The SMILES string of the molecule is CC(C)(NC(=O)OCC1c2ccccc2-c2ccccc21)C(=O)NCC1CC(CC(=O)O)C1. The fraction of sp³-hybridized carbons (Fsp3) is 0.423. The third kappa shape index (κ3) is 5.02. The smallest absolute Gasteiger partial charge is 0.408 e. The first-order chi connectivity index (χ1) is 15.7. The summed E-state index contributed by atoms with van der Waals surface area (Å²) < 4.78 is 5.55. The summed E-state index contributed by atoms with van der Waals surface area (Å²) in [5.74, 6) is -0.647. The molecule has 0 aromatic heterocycles. The molecule has 0 radical (unpaired) electrons. The van der Waals surface area contributed by atoms with Gasteiger partial charge >= 0.3 is 12.1 Å². The number of carboxylic acid groups (broad SMARTS) is 1. The van der Waals surface area contributed by atoms with Crippen molar-refractivity contribution in [3.63, 3.8) is 0 Å². The Labute approximate surface area is 193 Å². The lowest BCUT2D eigenvalue weighted by Crippen LogP contribution is -2.56. The number of rotatable bonds is 8. The number of carboxylic acids is 1. The van der Waals surface area contributed by atoms with Crippen LogP contribution < -0.4 is 10.6 Å². The fourth-order valence-corrected chi connectivity index (χ4v) is 4.86. The minimum absolute atomic E-state index is 0.0440. The molecule has 2 aromatic rings. The maximum Gasteiger partial charge on any atom is 0.408 e. The van der Waals surface area contributed by atoms with Gasteiger partial charge in [0.25, 0.3) is 0 Å². The maximum atomic E-state index is 12.6. The van der Waals surface area contributed by atoms with Crippen molar-refractivity contribution >= 4 is 18.0 Å². The monoisotopic (exact) mass is 450 g/mol. The average Bonchev–Trinajstić information content (AvgIpc) is 3.07. The molecule has 0 unspecified atom stereocenters. The van der Waals surface area contributed by atoms with Crippen LogP contribution in [0.3, 0.4) is 0 Å². The molecular formula is C26H30N2O5. The van der Waals surface area contributed by atoms with Gasteiger partial charge in [-0.15, -0.1) is 0 Å². The molecule has 7 nitrogen and oxygen atoms in total. The predicted octanol–water partition coefficient (Wildman–Crippen LogP) is 3.92. The van der Waals surface area contributed by atoms with Crippen molar-refractivity contribution in [3.8, 4) is 11.1 Å². The van der Waals surface area contributed by atoms with E-state index in [0.717, 1.165) is 35.1 Å². The van der Waals surface area contributed by atoms with E-state index in [-0.39, 0.29) is 36.7 Å². The van der Waals surface area contributed by atoms with E-state index in [1.165, 1.54) is 0 Å². The van der Waals surface area contributed by atoms with Crippen molar-refractivity contribution in [2.75, 3.05) is 13.2 Å². The van der Waals surface area contributed by atoms with E-state index in [2.05, 4.69) is 34.9 Å². The summed E-state index contributed by atoms with van der Waals surface area (Å²) in [6.07, 6.45) is 1.14. The number of fused-ring (bicyclic) bond motifs is 3. The van der Waals surface area contributed by atoms with Crippen LogP contribution in [0.15, 0.2) is 48.5 Å². The van der Waals surface area contributed by atoms with Gasteiger partial charge in [0.1, 0.15) is 12.1 Å². The lowest BCUT2D eigenvalue weighted by Gasteiger charge is -2.35. The molecular weight excluding hydrogens is 420 g/mol. The summed E-state index contributed by atoms with van der Waals surface area (Å²) in [5, 5.41) is 14.4. The molecule has 1 saturated carbocycles. The number of benzene rings is 2. The second kappa shape index (κ2) is 9.25. The highest BCUT2D eigenvalue weighted by molar-refractivity contribution is 5.89. The third-order valence-electron chi connectivity index (χ3n) is 6.67. The van der Waals surface area contributed by atoms with Crippen LogP contribution in [0.1, 0.15) is 50.2 Å². The molecule has 33 heavy (non-hydrogen) atoms. The minimum Gasteiger partial charge on any atom is -0.481 e. The number of amides is 2. The van der Waals surface area contributed by atoms with E-state index in [1.807, 2.05) is 24.3 Å². The van der Waals surface area contributed by atoms with E-state index in [1.54, 1.807) is 13.8 Å². The summed E-state index contributed by atoms with van der Waals surface area (Å²) in [4.78, 5) is 35.9. The van der Waals surface area contributed by atoms with Gasteiger partial charge in [0.05, 0.1) is 0 Å². The van der Waals surface area contributed by atoms with E-state index >= 15 is 0 Å². The van der Waals surface area contributed by atoms with Gasteiger partial charge in [-0.25, -0.2) is 4.79 Å². The van der Waals surface area contributed by atoms with E-state index in [9.17, 15) is 14.4 Å². The molecule has 0 saturated heterocycles. The Kier molecular flexibility index (Phi) is 6.40. The van der Waals surface area contributed by atoms with Crippen LogP contribution in [0, 0.1) is 11.8 Å². The number of nitrogens with one attached hydrogen (secondary N) is 2. The summed E-state index contributed by atoms with van der Waals surface area (Å²) in [5.41, 5.74) is 3.44. The molecule has 0 bridgehead atoms. The van der Waals surface area contributed by atoms with Crippen LogP contribution >= 0.6 is 0 Å². The largest absolute Gasteiger partial charge is 0.481 e. The number of carbonyl (C=O) groups excluding carboxylic acids is 2. The summed E-state index contributed by atoms with van der Waals surface area (Å²) in [6.45, 7) is 3.94. The van der Waals surface area contributed by atoms with Crippen LogP contribution in [-0.4, -0.2) is 41.8 Å². The quantitative estimate of drug-likeness (QED) is 0.565. The van der Waals surface area contributed by atoms with Gasteiger partial charge in [0.2, 0.25) is 5.91 Å². The number of hydrogen-bond donors (Lipinski definition) is 3. The van der Waals surface area contributed by atoms with Crippen LogP contribution in [-0.2, 0) is 14.3 Å². The highest BCUT2D eigenvalue weighted by Gasteiger charge is 2.35. The van der Waals surface area contributed by atoms with Gasteiger partial charge in [0, 0.05) is 18.9 Å². The van der Waals surface area contributed by atoms with E-state index < -0.39 is 17.6 Å². The number of carbonyl (C=O) groups is 3. The molecule has 3 N–H and O–H groups in total. The first kappa shape index (κ1) is 22.8. The van der Waals surface area contributed by atoms with Gasteiger partial charge in [-0.1, -0.05) is 48.5 Å². The first-order valence-corrected chi connectivity index (χ1v) is 11.4. The molecule has 4 rings (SSSR count). The van der Waals surface area contributed by atoms with Crippen LogP contribution in [0.5, 0.6) is 0 Å². The zero-order valence-electron chi connectivity index (χ0n) is 19.0. The van der Waals surface area contributed by atoms with Gasteiger partial charge in [-0.2, -0.15) is 0 Å². The molecule has 0 aliphatic heterocycles. The zero-order valence-corrected chi connectivity index (χ0v) is 19.0. The second-order valence-corrected chi connectivity index (χ2v) is 9.59. The van der Waals surface area contributed by atoms with Crippen LogP contribution in [0.2, 0.25) is 0 Å². The Morgan fingerprint density at radius 3 is 2.12 bits per heavy atom. The molecule has 0 spiro atoms. The Morgan fingerprint density at radius 2 is 1.55 bits per heavy atom. The number of alkyl carbamates (subject to hydrolysis) is 1. The van der Waals surface area contributed by atoms with Crippen molar-refractivity contribution in [3.05, 3.63) is 59.7 Å². The molecule has 2 amide bonds. The van der Waals surface area contributed by atoms with Crippen molar-refractivity contribution in [1.82, 2.24) is 10.6 Å². The maximum absolute atomic E-state index is 12.6. The highest BCUT2D eigenvalue weighted by Crippen LogP contribution is 2.44. The molecule has 1 fully saturated rings. The molecule has 0 heterocycles. The molecule has 2 aliphatic rings. The number of hydrogen-bond acceptors (Lipinski definition) is 4. The lowest BCUT2D eigenvalue weighted by atomic mass is 9.73. The lowest BCUT2D eigenvalue weighted by molar-refractivity contribution is -0.139. The molecule has 2 aliphatic carbocycles. The summed E-state index contributed by atoms with van der Waals surface area (Å²) in [6, 6.07) is 16.2. The van der Waals surface area contributed by atoms with Crippen molar-refractivity contribution in [1.29, 1.82) is 0 Å².